The fourth-order valence-corrected chi connectivity index (χ4v) is 7.77. The summed E-state index contributed by atoms with van der Waals surface area (Å²) in [4.78, 5) is 0. The van der Waals surface area contributed by atoms with Gasteiger partial charge in [0.25, 0.3) is 0 Å². The summed E-state index contributed by atoms with van der Waals surface area (Å²) < 4.78 is 16.9. The summed E-state index contributed by atoms with van der Waals surface area (Å²) in [5.74, 6) is 0. The minimum Gasteiger partial charge on any atom is -0.458 e. The van der Waals surface area contributed by atoms with Crippen LogP contribution in [-0.2, 0) is 13.6 Å². The standard InChI is InChI=1S/C10H24O3Si2/c1-9(6-11-7-10-8-12-10)15(4,5)13-14(2)3/h9-10,14H,6-8H2,1-5H3/t9-,10+/m0/s1. The molecule has 1 fully saturated rings. The van der Waals surface area contributed by atoms with Crippen LogP contribution >= 0.6 is 0 Å². The molecule has 0 aromatic carbocycles. The van der Waals surface area contributed by atoms with Crippen LogP contribution in [0.15, 0.2) is 0 Å². The minimum atomic E-state index is -1.53. The largest absolute Gasteiger partial charge is 0.458 e. The molecule has 1 aliphatic heterocycles. The molecule has 1 rings (SSSR count). The molecule has 0 unspecified atom stereocenters. The molecule has 0 spiro atoms. The van der Waals surface area contributed by atoms with Crippen molar-refractivity contribution in [2.45, 2.75) is 44.8 Å². The minimum absolute atomic E-state index is 0.377. The number of hydrogen-bond acceptors (Lipinski definition) is 3. The van der Waals surface area contributed by atoms with Gasteiger partial charge in [-0.3, -0.25) is 0 Å². The van der Waals surface area contributed by atoms with Gasteiger partial charge in [0.2, 0.25) is 0 Å². The first-order chi connectivity index (χ1) is 6.92. The SMILES string of the molecule is C[C@@H](COC[C@@H]1CO1)[Si](C)(C)O[SiH](C)C. The molecule has 0 aromatic heterocycles. The molecule has 0 saturated carbocycles. The second-order valence-corrected chi connectivity index (χ2v) is 12.4. The monoisotopic (exact) mass is 248 g/mol. The van der Waals surface area contributed by atoms with Crippen molar-refractivity contribution in [2.75, 3.05) is 19.8 Å². The Bertz CT molecular complexity index is 193. The first-order valence-electron chi connectivity index (χ1n) is 5.79. The summed E-state index contributed by atoms with van der Waals surface area (Å²) in [5, 5.41) is 0. The molecular weight excluding hydrogens is 224 g/mol. The molecule has 1 aliphatic rings. The molecule has 90 valence electrons. The van der Waals surface area contributed by atoms with Crippen LogP contribution < -0.4 is 0 Å². The summed E-state index contributed by atoms with van der Waals surface area (Å²) >= 11 is 0. The maximum Gasteiger partial charge on any atom is 0.178 e. The summed E-state index contributed by atoms with van der Waals surface area (Å²) in [5.41, 5.74) is 0.561. The van der Waals surface area contributed by atoms with Crippen LogP contribution in [0, 0.1) is 0 Å². The van der Waals surface area contributed by atoms with E-state index in [9.17, 15) is 0 Å². The smallest absolute Gasteiger partial charge is 0.178 e. The zero-order chi connectivity index (χ0) is 11.5. The van der Waals surface area contributed by atoms with E-state index in [1.54, 1.807) is 0 Å². The Hall–Kier alpha value is 0.314. The lowest BCUT2D eigenvalue weighted by Gasteiger charge is -2.31. The molecule has 2 atom stereocenters. The molecule has 0 aromatic rings. The van der Waals surface area contributed by atoms with Gasteiger partial charge in [0.05, 0.1) is 13.2 Å². The van der Waals surface area contributed by atoms with Crippen molar-refractivity contribution in [3.63, 3.8) is 0 Å². The molecule has 0 bridgehead atoms. The lowest BCUT2D eigenvalue weighted by atomic mass is 10.5. The summed E-state index contributed by atoms with van der Waals surface area (Å²) in [6.07, 6.45) is 0.377. The number of rotatable bonds is 7. The fraction of sp³-hybridized carbons (Fsp3) is 1.00. The summed E-state index contributed by atoms with van der Waals surface area (Å²) in [6.45, 7) is 13.8. The molecule has 3 nitrogen and oxygen atoms in total. The van der Waals surface area contributed by atoms with E-state index in [4.69, 9.17) is 13.6 Å². The average molecular weight is 248 g/mol. The highest BCUT2D eigenvalue weighted by atomic mass is 28.4. The van der Waals surface area contributed by atoms with Gasteiger partial charge in [0.1, 0.15) is 6.10 Å². The Morgan fingerprint density at radius 2 is 2.07 bits per heavy atom. The van der Waals surface area contributed by atoms with Crippen LogP contribution in [0.25, 0.3) is 0 Å². The molecule has 1 heterocycles. The molecule has 0 aliphatic carbocycles. The van der Waals surface area contributed by atoms with E-state index < -0.39 is 17.4 Å². The molecule has 5 heteroatoms. The number of ether oxygens (including phenoxy) is 2. The second kappa shape index (κ2) is 5.59. The van der Waals surface area contributed by atoms with Crippen molar-refractivity contribution in [1.29, 1.82) is 0 Å². The number of hydrogen-bond donors (Lipinski definition) is 0. The quantitative estimate of drug-likeness (QED) is 0.510. The zero-order valence-electron chi connectivity index (χ0n) is 10.6. The van der Waals surface area contributed by atoms with Gasteiger partial charge in [0, 0.05) is 6.61 Å². The van der Waals surface area contributed by atoms with Crippen LogP contribution in [0.3, 0.4) is 0 Å². The van der Waals surface area contributed by atoms with E-state index in [-0.39, 0.29) is 0 Å². The third-order valence-corrected chi connectivity index (χ3v) is 9.66. The second-order valence-electron chi connectivity index (χ2n) is 5.16. The summed E-state index contributed by atoms with van der Waals surface area (Å²) in [7, 11) is -2.44. The van der Waals surface area contributed by atoms with Gasteiger partial charge in [-0.05, 0) is 31.7 Å². The van der Waals surface area contributed by atoms with Gasteiger partial charge < -0.3 is 13.6 Å². The van der Waals surface area contributed by atoms with E-state index in [0.29, 0.717) is 11.6 Å². The Kier molecular flexibility index (Phi) is 4.98. The lowest BCUT2D eigenvalue weighted by molar-refractivity contribution is 0.114. The topological polar surface area (TPSA) is 31.0 Å². The maximum atomic E-state index is 6.14. The van der Waals surface area contributed by atoms with Crippen LogP contribution in [-0.4, -0.2) is 43.3 Å². The van der Waals surface area contributed by atoms with Gasteiger partial charge in [-0.15, -0.1) is 0 Å². The lowest BCUT2D eigenvalue weighted by Crippen LogP contribution is -2.41. The van der Waals surface area contributed by atoms with Gasteiger partial charge in [-0.2, -0.15) is 0 Å². The van der Waals surface area contributed by atoms with Crippen molar-refractivity contribution in [1.82, 2.24) is 0 Å². The predicted octanol–water partition coefficient (Wildman–Crippen LogP) is 2.00. The molecule has 0 amide bonds. The Morgan fingerprint density at radius 1 is 1.47 bits per heavy atom. The molecule has 1 saturated heterocycles. The van der Waals surface area contributed by atoms with Crippen LogP contribution in [0.1, 0.15) is 6.92 Å². The van der Waals surface area contributed by atoms with Crippen LogP contribution in [0.5, 0.6) is 0 Å². The number of epoxide rings is 1. The normalized spacial score (nSPS) is 23.2. The van der Waals surface area contributed by atoms with Gasteiger partial charge in [-0.25, -0.2) is 0 Å². The highest BCUT2D eigenvalue weighted by Gasteiger charge is 2.31. The average Bonchev–Trinajstić information content (AvgIpc) is 2.85. The first kappa shape index (κ1) is 13.4. The van der Waals surface area contributed by atoms with Crippen molar-refractivity contribution >= 4 is 17.4 Å². The van der Waals surface area contributed by atoms with Crippen molar-refractivity contribution < 1.29 is 13.6 Å². The van der Waals surface area contributed by atoms with Crippen molar-refractivity contribution in [2.24, 2.45) is 0 Å². The summed E-state index contributed by atoms with van der Waals surface area (Å²) in [6, 6.07) is 0. The van der Waals surface area contributed by atoms with Gasteiger partial charge in [0.15, 0.2) is 17.4 Å². The fourth-order valence-electron chi connectivity index (χ4n) is 1.46. The molecule has 0 N–H and O–H groups in total. The third kappa shape index (κ3) is 5.26. The van der Waals surface area contributed by atoms with Crippen molar-refractivity contribution in [3.05, 3.63) is 0 Å². The van der Waals surface area contributed by atoms with Crippen molar-refractivity contribution in [3.8, 4) is 0 Å². The highest BCUT2D eigenvalue weighted by Crippen LogP contribution is 2.24. The van der Waals surface area contributed by atoms with E-state index in [0.717, 1.165) is 19.8 Å². The molecular formula is C10H24O3Si2. The van der Waals surface area contributed by atoms with Crippen LogP contribution in [0.2, 0.25) is 31.7 Å². The first-order valence-corrected chi connectivity index (χ1v) is 11.6. The van der Waals surface area contributed by atoms with E-state index >= 15 is 0 Å². The Morgan fingerprint density at radius 3 is 2.53 bits per heavy atom. The maximum absolute atomic E-state index is 6.14. The van der Waals surface area contributed by atoms with Gasteiger partial charge in [-0.1, -0.05) is 6.92 Å². The molecule has 15 heavy (non-hydrogen) atoms. The van der Waals surface area contributed by atoms with E-state index in [1.807, 2.05) is 0 Å². The molecule has 0 radical (unpaired) electrons. The Balaban J connectivity index is 2.19. The predicted molar refractivity (Wildman–Crippen MR) is 67.4 cm³/mol. The van der Waals surface area contributed by atoms with Gasteiger partial charge >= 0.3 is 0 Å². The van der Waals surface area contributed by atoms with E-state index in [2.05, 4.69) is 33.1 Å². The Labute approximate surface area is 96.0 Å². The third-order valence-electron chi connectivity index (χ3n) is 2.80. The highest BCUT2D eigenvalue weighted by molar-refractivity contribution is 6.78. The zero-order valence-corrected chi connectivity index (χ0v) is 12.7. The van der Waals surface area contributed by atoms with E-state index in [1.165, 1.54) is 0 Å². The van der Waals surface area contributed by atoms with Crippen LogP contribution in [0.4, 0.5) is 0 Å².